The van der Waals surface area contributed by atoms with Gasteiger partial charge >= 0.3 is 5.97 Å². The molecule has 0 radical (unpaired) electrons. The Labute approximate surface area is 99.5 Å². The monoisotopic (exact) mass is 234 g/mol. The molecule has 0 saturated carbocycles. The molecule has 0 atom stereocenters. The fourth-order valence-corrected chi connectivity index (χ4v) is 1.47. The minimum absolute atomic E-state index is 0.313. The van der Waals surface area contributed by atoms with E-state index >= 15 is 0 Å². The van der Waals surface area contributed by atoms with Crippen LogP contribution in [0, 0.1) is 0 Å². The summed E-state index contributed by atoms with van der Waals surface area (Å²) in [6.07, 6.45) is 2.58. The standard InChI is InChI=1S/C13H14O4/c1-3-9-8-10(17-2)4-5-11(9)12(14)6-7-13(15)16/h4-8H,3H2,1-2H3,(H,15,16)/b7-6+. The van der Waals surface area contributed by atoms with Crippen LogP contribution in [0.1, 0.15) is 22.8 Å². The minimum Gasteiger partial charge on any atom is -0.497 e. The number of carboxylic acids is 1. The zero-order chi connectivity index (χ0) is 12.8. The van der Waals surface area contributed by atoms with Crippen molar-refractivity contribution in [3.63, 3.8) is 0 Å². The lowest BCUT2D eigenvalue weighted by molar-refractivity contribution is -0.131. The lowest BCUT2D eigenvalue weighted by Crippen LogP contribution is -2.02. The number of carbonyl (C=O) groups is 2. The molecule has 4 heteroatoms. The van der Waals surface area contributed by atoms with Gasteiger partial charge in [-0.2, -0.15) is 0 Å². The van der Waals surface area contributed by atoms with Crippen LogP contribution in [0.25, 0.3) is 0 Å². The van der Waals surface area contributed by atoms with Crippen LogP contribution >= 0.6 is 0 Å². The smallest absolute Gasteiger partial charge is 0.328 e. The highest BCUT2D eigenvalue weighted by molar-refractivity contribution is 6.07. The Kier molecular flexibility index (Phi) is 4.46. The van der Waals surface area contributed by atoms with Crippen molar-refractivity contribution in [2.45, 2.75) is 13.3 Å². The van der Waals surface area contributed by atoms with Gasteiger partial charge in [-0.05, 0) is 36.3 Å². The van der Waals surface area contributed by atoms with Gasteiger partial charge in [0.15, 0.2) is 5.78 Å². The quantitative estimate of drug-likeness (QED) is 0.625. The summed E-state index contributed by atoms with van der Waals surface area (Å²) in [6, 6.07) is 5.11. The average Bonchev–Trinajstić information content (AvgIpc) is 2.34. The molecule has 0 unspecified atom stereocenters. The summed E-state index contributed by atoms with van der Waals surface area (Å²) in [7, 11) is 1.56. The summed E-state index contributed by atoms with van der Waals surface area (Å²) in [4.78, 5) is 22.1. The van der Waals surface area contributed by atoms with E-state index in [1.807, 2.05) is 6.92 Å². The van der Waals surface area contributed by atoms with Gasteiger partial charge in [-0.15, -0.1) is 0 Å². The molecule has 1 aromatic rings. The number of ketones is 1. The number of ether oxygens (including phenoxy) is 1. The first kappa shape index (κ1) is 13.0. The summed E-state index contributed by atoms with van der Waals surface area (Å²) in [5.74, 6) is -0.766. The van der Waals surface area contributed by atoms with Crippen molar-refractivity contribution in [3.05, 3.63) is 41.5 Å². The number of hydrogen-bond donors (Lipinski definition) is 1. The Morgan fingerprint density at radius 1 is 1.35 bits per heavy atom. The number of hydrogen-bond acceptors (Lipinski definition) is 3. The van der Waals surface area contributed by atoms with E-state index in [4.69, 9.17) is 9.84 Å². The zero-order valence-corrected chi connectivity index (χ0v) is 9.77. The summed E-state index contributed by atoms with van der Waals surface area (Å²) in [6.45, 7) is 1.92. The Bertz CT molecular complexity index is 460. The number of benzene rings is 1. The number of aliphatic carboxylic acids is 1. The molecule has 0 saturated heterocycles. The lowest BCUT2D eigenvalue weighted by atomic mass is 10.0. The van der Waals surface area contributed by atoms with Crippen molar-refractivity contribution in [1.29, 1.82) is 0 Å². The molecule has 0 heterocycles. The van der Waals surface area contributed by atoms with Crippen LogP contribution in [0.3, 0.4) is 0 Å². The molecule has 0 aromatic heterocycles. The van der Waals surface area contributed by atoms with Crippen LogP contribution in [0.2, 0.25) is 0 Å². The second kappa shape index (κ2) is 5.84. The Hall–Kier alpha value is -2.10. The Balaban J connectivity index is 3.05. The maximum atomic E-state index is 11.7. The van der Waals surface area contributed by atoms with E-state index in [-0.39, 0.29) is 5.78 Å². The molecule has 0 aliphatic rings. The predicted octanol–water partition coefficient (Wildman–Crippen LogP) is 2.08. The van der Waals surface area contributed by atoms with Gasteiger partial charge in [-0.3, -0.25) is 4.79 Å². The Morgan fingerprint density at radius 2 is 2.06 bits per heavy atom. The molecule has 0 bridgehead atoms. The van der Waals surface area contributed by atoms with Crippen LogP contribution < -0.4 is 4.74 Å². The van der Waals surface area contributed by atoms with Crippen LogP contribution in [-0.4, -0.2) is 24.0 Å². The summed E-state index contributed by atoms with van der Waals surface area (Å²) >= 11 is 0. The second-order valence-corrected chi connectivity index (χ2v) is 3.41. The van der Waals surface area contributed by atoms with Gasteiger partial charge < -0.3 is 9.84 Å². The average molecular weight is 234 g/mol. The van der Waals surface area contributed by atoms with Crippen molar-refractivity contribution in [2.24, 2.45) is 0 Å². The molecule has 0 spiro atoms. The third kappa shape index (κ3) is 3.45. The van der Waals surface area contributed by atoms with Crippen molar-refractivity contribution >= 4 is 11.8 Å². The molecule has 90 valence electrons. The fourth-order valence-electron chi connectivity index (χ4n) is 1.47. The van der Waals surface area contributed by atoms with Gasteiger partial charge in [-0.1, -0.05) is 6.92 Å². The molecule has 1 aromatic carbocycles. The normalized spacial score (nSPS) is 10.5. The molecule has 0 amide bonds. The highest BCUT2D eigenvalue weighted by atomic mass is 16.5. The van der Waals surface area contributed by atoms with Crippen molar-refractivity contribution in [1.82, 2.24) is 0 Å². The minimum atomic E-state index is -1.13. The predicted molar refractivity (Wildman–Crippen MR) is 63.5 cm³/mol. The molecule has 4 nitrogen and oxygen atoms in total. The van der Waals surface area contributed by atoms with Gasteiger partial charge in [0.2, 0.25) is 0 Å². The zero-order valence-electron chi connectivity index (χ0n) is 9.77. The molecule has 1 rings (SSSR count). The number of allylic oxidation sites excluding steroid dienone is 1. The SMILES string of the molecule is CCc1cc(OC)ccc1C(=O)/C=C/C(=O)O. The van der Waals surface area contributed by atoms with E-state index in [0.29, 0.717) is 17.7 Å². The summed E-state index contributed by atoms with van der Waals surface area (Å²) in [5, 5.41) is 8.46. The van der Waals surface area contributed by atoms with E-state index in [1.165, 1.54) is 0 Å². The highest BCUT2D eigenvalue weighted by Gasteiger charge is 2.09. The van der Waals surface area contributed by atoms with Gasteiger partial charge in [0.25, 0.3) is 0 Å². The number of carboxylic acid groups (broad SMARTS) is 1. The first-order chi connectivity index (χ1) is 8.08. The van der Waals surface area contributed by atoms with Crippen molar-refractivity contribution < 1.29 is 19.4 Å². The maximum Gasteiger partial charge on any atom is 0.328 e. The van der Waals surface area contributed by atoms with E-state index in [9.17, 15) is 9.59 Å². The van der Waals surface area contributed by atoms with Crippen molar-refractivity contribution in [2.75, 3.05) is 7.11 Å². The number of aryl methyl sites for hydroxylation is 1. The molecule has 0 aliphatic carbocycles. The summed E-state index contributed by atoms with van der Waals surface area (Å²) < 4.78 is 5.07. The Morgan fingerprint density at radius 3 is 2.59 bits per heavy atom. The molecule has 0 aliphatic heterocycles. The largest absolute Gasteiger partial charge is 0.497 e. The van der Waals surface area contributed by atoms with Gasteiger partial charge in [-0.25, -0.2) is 4.79 Å². The van der Waals surface area contributed by atoms with E-state index in [1.54, 1.807) is 25.3 Å². The number of rotatable bonds is 5. The number of carbonyl (C=O) groups excluding carboxylic acids is 1. The maximum absolute atomic E-state index is 11.7. The highest BCUT2D eigenvalue weighted by Crippen LogP contribution is 2.19. The molecular weight excluding hydrogens is 220 g/mol. The number of methoxy groups -OCH3 is 1. The molecule has 1 N–H and O–H groups in total. The van der Waals surface area contributed by atoms with E-state index in [2.05, 4.69) is 0 Å². The van der Waals surface area contributed by atoms with Gasteiger partial charge in [0.05, 0.1) is 7.11 Å². The molecular formula is C13H14O4. The van der Waals surface area contributed by atoms with E-state index in [0.717, 1.165) is 17.7 Å². The first-order valence-electron chi connectivity index (χ1n) is 5.20. The summed E-state index contributed by atoms with van der Waals surface area (Å²) in [5.41, 5.74) is 1.34. The third-order valence-electron chi connectivity index (χ3n) is 2.34. The third-order valence-corrected chi connectivity index (χ3v) is 2.34. The van der Waals surface area contributed by atoms with Gasteiger partial charge in [0, 0.05) is 11.6 Å². The molecule has 17 heavy (non-hydrogen) atoms. The fraction of sp³-hybridized carbons (Fsp3) is 0.231. The van der Waals surface area contributed by atoms with Crippen LogP contribution in [-0.2, 0) is 11.2 Å². The van der Waals surface area contributed by atoms with E-state index < -0.39 is 5.97 Å². The molecule has 0 fully saturated rings. The van der Waals surface area contributed by atoms with Crippen LogP contribution in [0.15, 0.2) is 30.4 Å². The lowest BCUT2D eigenvalue weighted by Gasteiger charge is -2.07. The topological polar surface area (TPSA) is 63.6 Å². The van der Waals surface area contributed by atoms with Crippen LogP contribution in [0.5, 0.6) is 5.75 Å². The second-order valence-electron chi connectivity index (χ2n) is 3.41. The van der Waals surface area contributed by atoms with Crippen LogP contribution in [0.4, 0.5) is 0 Å². The van der Waals surface area contributed by atoms with Gasteiger partial charge in [0.1, 0.15) is 5.75 Å². The van der Waals surface area contributed by atoms with Crippen molar-refractivity contribution in [3.8, 4) is 5.75 Å². The first-order valence-corrected chi connectivity index (χ1v) is 5.20.